The molecule has 0 atom stereocenters. The number of benzene rings is 1. The lowest BCUT2D eigenvalue weighted by molar-refractivity contribution is -0.141. The van der Waals surface area contributed by atoms with E-state index in [-0.39, 0.29) is 31.1 Å². The zero-order chi connectivity index (χ0) is 18.2. The number of hydrogen-bond donors (Lipinski definition) is 1. The van der Waals surface area contributed by atoms with Crippen LogP contribution in [0.5, 0.6) is 0 Å². The highest BCUT2D eigenvalue weighted by Crippen LogP contribution is 2.19. The van der Waals surface area contributed by atoms with Gasteiger partial charge in [0.15, 0.2) is 6.61 Å². The van der Waals surface area contributed by atoms with Crippen LogP contribution in [0.15, 0.2) is 29.2 Å². The summed E-state index contributed by atoms with van der Waals surface area (Å²) in [6.45, 7) is 1.45. The summed E-state index contributed by atoms with van der Waals surface area (Å²) in [5, 5.41) is 0. The van der Waals surface area contributed by atoms with E-state index in [1.54, 1.807) is 19.1 Å². The predicted molar refractivity (Wildman–Crippen MR) is 84.9 cm³/mol. The zero-order valence-electron chi connectivity index (χ0n) is 13.5. The third-order valence-corrected chi connectivity index (χ3v) is 5.48. The second-order valence-corrected chi connectivity index (χ2v) is 7.68. The van der Waals surface area contributed by atoms with Gasteiger partial charge in [-0.05, 0) is 24.6 Å². The van der Waals surface area contributed by atoms with Crippen LogP contribution in [-0.4, -0.2) is 68.4 Å². The molecule has 3 rings (SSSR count). The molecule has 10 heteroatoms. The van der Waals surface area contributed by atoms with Crippen LogP contribution in [0.1, 0.15) is 5.56 Å². The molecule has 134 valence electrons. The Kier molecular flexibility index (Phi) is 4.48. The van der Waals surface area contributed by atoms with E-state index < -0.39 is 34.0 Å². The fourth-order valence-electron chi connectivity index (χ4n) is 2.67. The highest BCUT2D eigenvalue weighted by Gasteiger charge is 2.44. The van der Waals surface area contributed by atoms with Gasteiger partial charge in [-0.15, -0.1) is 0 Å². The molecule has 0 aliphatic carbocycles. The van der Waals surface area contributed by atoms with Crippen LogP contribution >= 0.6 is 0 Å². The third-order valence-electron chi connectivity index (χ3n) is 4.08. The number of aryl methyl sites for hydroxylation is 1. The number of hydrogen-bond acceptors (Lipinski definition) is 6. The van der Waals surface area contributed by atoms with Crippen LogP contribution in [0.3, 0.4) is 0 Å². The maximum absolute atomic E-state index is 12.2. The third kappa shape index (κ3) is 3.49. The number of carbonyl (C=O) groups excluding carboxylic acids is 3. The molecule has 1 N–H and O–H groups in total. The predicted octanol–water partition coefficient (Wildman–Crippen LogP) is -0.537. The van der Waals surface area contributed by atoms with E-state index in [1.807, 2.05) is 0 Å². The summed E-state index contributed by atoms with van der Waals surface area (Å²) in [6, 6.07) is 5.94. The molecule has 0 spiro atoms. The zero-order valence-corrected chi connectivity index (χ0v) is 14.3. The van der Waals surface area contributed by atoms with Gasteiger partial charge in [0.25, 0.3) is 5.91 Å². The Morgan fingerprint density at radius 1 is 1.32 bits per heavy atom. The van der Waals surface area contributed by atoms with Crippen LogP contribution in [-0.2, 0) is 24.3 Å². The summed E-state index contributed by atoms with van der Waals surface area (Å²) >= 11 is 0. The summed E-state index contributed by atoms with van der Waals surface area (Å²) in [7, 11) is -3.78. The summed E-state index contributed by atoms with van der Waals surface area (Å²) < 4.78 is 31.2. The first-order valence-electron chi connectivity index (χ1n) is 7.61. The fourth-order valence-corrected chi connectivity index (χ4v) is 3.75. The van der Waals surface area contributed by atoms with Gasteiger partial charge in [0.2, 0.25) is 15.9 Å². The quantitative estimate of drug-likeness (QED) is 0.748. The van der Waals surface area contributed by atoms with Crippen LogP contribution in [0.4, 0.5) is 4.79 Å². The van der Waals surface area contributed by atoms with Crippen molar-refractivity contribution in [3.8, 4) is 0 Å². The maximum atomic E-state index is 12.2. The van der Waals surface area contributed by atoms with Crippen LogP contribution < -0.4 is 4.72 Å². The fraction of sp³-hybridized carbons (Fsp3) is 0.400. The number of rotatable bonds is 5. The lowest BCUT2D eigenvalue weighted by atomic mass is 10.1. The Morgan fingerprint density at radius 2 is 2.04 bits per heavy atom. The smallest absolute Gasteiger partial charge is 0.417 e. The summed E-state index contributed by atoms with van der Waals surface area (Å²) in [4.78, 5) is 37.5. The molecule has 0 aromatic heterocycles. The molecule has 25 heavy (non-hydrogen) atoms. The van der Waals surface area contributed by atoms with E-state index in [4.69, 9.17) is 0 Å². The summed E-state index contributed by atoms with van der Waals surface area (Å²) in [5.41, 5.74) is 0.793. The Balaban J connectivity index is 1.52. The van der Waals surface area contributed by atoms with E-state index in [1.165, 1.54) is 17.0 Å². The monoisotopic (exact) mass is 367 g/mol. The van der Waals surface area contributed by atoms with Crippen molar-refractivity contribution in [2.75, 3.05) is 26.2 Å². The molecular formula is C15H17N3O6S. The van der Waals surface area contributed by atoms with Crippen molar-refractivity contribution in [2.45, 2.75) is 17.9 Å². The summed E-state index contributed by atoms with van der Waals surface area (Å²) in [6.07, 6.45) is -0.706. The van der Waals surface area contributed by atoms with E-state index in [0.29, 0.717) is 0 Å². The van der Waals surface area contributed by atoms with Crippen molar-refractivity contribution >= 4 is 27.9 Å². The Morgan fingerprint density at radius 3 is 2.64 bits per heavy atom. The minimum absolute atomic E-state index is 0.0900. The number of ether oxygens (including phenoxy) is 1. The van der Waals surface area contributed by atoms with Crippen molar-refractivity contribution in [2.24, 2.45) is 0 Å². The van der Waals surface area contributed by atoms with Gasteiger partial charge in [-0.25, -0.2) is 22.8 Å². The van der Waals surface area contributed by atoms with Crippen molar-refractivity contribution in [3.63, 3.8) is 0 Å². The van der Waals surface area contributed by atoms with Crippen molar-refractivity contribution in [3.05, 3.63) is 29.8 Å². The molecular weight excluding hydrogens is 350 g/mol. The molecule has 2 heterocycles. The highest BCUT2D eigenvalue weighted by molar-refractivity contribution is 7.89. The first-order valence-corrected chi connectivity index (χ1v) is 9.09. The largest absolute Gasteiger partial charge is 0.439 e. The molecule has 9 nitrogen and oxygen atoms in total. The van der Waals surface area contributed by atoms with Gasteiger partial charge in [-0.3, -0.25) is 9.59 Å². The van der Waals surface area contributed by atoms with Crippen molar-refractivity contribution < 1.29 is 27.5 Å². The molecule has 2 aliphatic heterocycles. The lowest BCUT2D eigenvalue weighted by Gasteiger charge is -2.41. The van der Waals surface area contributed by atoms with Gasteiger partial charge in [0, 0.05) is 13.1 Å². The number of cyclic esters (lactones) is 1. The van der Waals surface area contributed by atoms with Gasteiger partial charge >= 0.3 is 6.09 Å². The van der Waals surface area contributed by atoms with Crippen molar-refractivity contribution in [1.82, 2.24) is 14.5 Å². The van der Waals surface area contributed by atoms with E-state index >= 15 is 0 Å². The first kappa shape index (κ1) is 17.4. The van der Waals surface area contributed by atoms with Gasteiger partial charge in [0.1, 0.15) is 0 Å². The number of nitrogens with zero attached hydrogens (tertiary/aromatic N) is 2. The molecule has 1 aromatic rings. The molecule has 0 saturated carbocycles. The first-order chi connectivity index (χ1) is 11.8. The average Bonchev–Trinajstić information content (AvgIpc) is 2.84. The maximum Gasteiger partial charge on any atom is 0.417 e. The normalized spacial score (nSPS) is 18.3. The van der Waals surface area contributed by atoms with E-state index in [2.05, 4.69) is 9.46 Å². The SMILES string of the molecule is Cc1cccc(S(=O)(=O)NCC(=O)N2CC(N3C(=O)COC3=O)C2)c1. The molecule has 0 radical (unpaired) electrons. The van der Waals surface area contributed by atoms with E-state index in [0.717, 1.165) is 10.5 Å². The average molecular weight is 367 g/mol. The number of amides is 3. The van der Waals surface area contributed by atoms with E-state index in [9.17, 15) is 22.8 Å². The lowest BCUT2D eigenvalue weighted by Crippen LogP contribution is -2.63. The number of nitrogens with one attached hydrogen (secondary N) is 1. The van der Waals surface area contributed by atoms with Gasteiger partial charge in [-0.1, -0.05) is 12.1 Å². The molecule has 1 aromatic carbocycles. The Hall–Kier alpha value is -2.46. The molecule has 3 amide bonds. The molecule has 0 unspecified atom stereocenters. The van der Waals surface area contributed by atoms with Gasteiger partial charge in [-0.2, -0.15) is 0 Å². The molecule has 0 bridgehead atoms. The number of carbonyl (C=O) groups is 3. The topological polar surface area (TPSA) is 113 Å². The standard InChI is InChI=1S/C15H17N3O6S/c1-10-3-2-4-12(5-10)25(22,23)16-6-13(19)17-7-11(8-17)18-14(20)9-24-15(18)21/h2-5,11,16H,6-9H2,1H3. The van der Waals surface area contributed by atoms with Gasteiger partial charge in [0.05, 0.1) is 17.5 Å². The number of sulfonamides is 1. The minimum atomic E-state index is -3.78. The Bertz CT molecular complexity index is 815. The number of imide groups is 1. The Labute approximate surface area is 144 Å². The summed E-state index contributed by atoms with van der Waals surface area (Å²) in [5.74, 6) is -0.852. The number of likely N-dealkylation sites (tertiary alicyclic amines) is 1. The van der Waals surface area contributed by atoms with Gasteiger partial charge < -0.3 is 9.64 Å². The molecule has 2 saturated heterocycles. The van der Waals surface area contributed by atoms with Crippen LogP contribution in [0.2, 0.25) is 0 Å². The highest BCUT2D eigenvalue weighted by atomic mass is 32.2. The van der Waals surface area contributed by atoms with Crippen molar-refractivity contribution in [1.29, 1.82) is 0 Å². The minimum Gasteiger partial charge on any atom is -0.439 e. The molecule has 2 aliphatic rings. The second-order valence-electron chi connectivity index (χ2n) is 5.91. The van der Waals surface area contributed by atoms with Crippen LogP contribution in [0.25, 0.3) is 0 Å². The second kappa shape index (κ2) is 6.45. The van der Waals surface area contributed by atoms with Crippen LogP contribution in [0, 0.1) is 6.92 Å². The molecule has 2 fully saturated rings.